The van der Waals surface area contributed by atoms with Crippen LogP contribution in [0, 0.1) is 12.8 Å². The molecule has 1 aromatic carbocycles. The van der Waals surface area contributed by atoms with Crippen molar-refractivity contribution in [2.24, 2.45) is 5.92 Å². The van der Waals surface area contributed by atoms with Gasteiger partial charge in [-0.05, 0) is 43.5 Å². The van der Waals surface area contributed by atoms with E-state index in [-0.39, 0.29) is 0 Å². The smallest absolute Gasteiger partial charge is 0.137 e. The monoisotopic (exact) mass is 312 g/mol. The maximum Gasteiger partial charge on any atom is 0.137 e. The molecule has 18 heavy (non-hydrogen) atoms. The molecule has 0 spiro atoms. The third-order valence-electron chi connectivity index (χ3n) is 3.71. The molecule has 1 fully saturated rings. The van der Waals surface area contributed by atoms with Crippen LogP contribution in [0.3, 0.4) is 0 Å². The molecule has 1 heterocycles. The minimum absolute atomic E-state index is 0.824. The molecule has 1 aliphatic heterocycles. The van der Waals surface area contributed by atoms with Gasteiger partial charge in [-0.25, -0.2) is 0 Å². The van der Waals surface area contributed by atoms with E-state index in [0.29, 0.717) is 0 Å². The molecule has 3 heteroatoms. The number of rotatable bonds is 4. The third kappa shape index (κ3) is 3.99. The van der Waals surface area contributed by atoms with Gasteiger partial charge < -0.3 is 9.64 Å². The van der Waals surface area contributed by atoms with Crippen molar-refractivity contribution in [3.63, 3.8) is 0 Å². The van der Waals surface area contributed by atoms with Crippen LogP contribution in [0.2, 0.25) is 0 Å². The zero-order valence-electron chi connectivity index (χ0n) is 11.3. The molecule has 0 amide bonds. The largest absolute Gasteiger partial charge is 0.487 e. The highest BCUT2D eigenvalue weighted by Crippen LogP contribution is 2.21. The number of nitrogens with one attached hydrogen (secondary N) is 1. The fourth-order valence-electron chi connectivity index (χ4n) is 2.70. The van der Waals surface area contributed by atoms with Crippen LogP contribution in [0.25, 0.3) is 0 Å². The quantitative estimate of drug-likeness (QED) is 0.901. The predicted octanol–water partition coefficient (Wildman–Crippen LogP) is 2.45. The highest BCUT2D eigenvalue weighted by Gasteiger charge is 2.19. The number of quaternary nitrogens is 1. The third-order valence-corrected chi connectivity index (χ3v) is 4.21. The number of hydrogen-bond acceptors (Lipinski definition) is 1. The number of piperidine rings is 1. The number of hydrogen-bond donors (Lipinski definition) is 1. The average Bonchev–Trinajstić information content (AvgIpc) is 2.32. The molecule has 1 N–H and O–H groups in total. The topological polar surface area (TPSA) is 13.7 Å². The summed E-state index contributed by atoms with van der Waals surface area (Å²) in [6.45, 7) is 9.02. The molecule has 0 aromatic heterocycles. The molecule has 1 unspecified atom stereocenters. The summed E-state index contributed by atoms with van der Waals surface area (Å²) in [5, 5.41) is 0. The van der Waals surface area contributed by atoms with E-state index in [4.69, 9.17) is 4.74 Å². The van der Waals surface area contributed by atoms with Crippen molar-refractivity contribution in [3.05, 3.63) is 28.2 Å². The Labute approximate surface area is 118 Å². The van der Waals surface area contributed by atoms with Gasteiger partial charge in [0.15, 0.2) is 0 Å². The Morgan fingerprint density at radius 2 is 2.28 bits per heavy atom. The lowest BCUT2D eigenvalue weighted by molar-refractivity contribution is -0.908. The lowest BCUT2D eigenvalue weighted by atomic mass is 10.0. The lowest BCUT2D eigenvalue weighted by Gasteiger charge is -2.27. The second kappa shape index (κ2) is 6.58. The molecule has 0 saturated carbocycles. The number of likely N-dealkylation sites (tertiary alicyclic amines) is 1. The van der Waals surface area contributed by atoms with Gasteiger partial charge >= 0.3 is 0 Å². The van der Waals surface area contributed by atoms with Gasteiger partial charge in [-0.1, -0.05) is 22.9 Å². The van der Waals surface area contributed by atoms with E-state index in [1.165, 1.54) is 31.5 Å². The second-order valence-corrected chi connectivity index (χ2v) is 6.38. The van der Waals surface area contributed by atoms with E-state index in [9.17, 15) is 0 Å². The van der Waals surface area contributed by atoms with Crippen LogP contribution >= 0.6 is 15.9 Å². The molecule has 2 atom stereocenters. The van der Waals surface area contributed by atoms with Gasteiger partial charge in [0.05, 0.1) is 13.1 Å². The zero-order valence-corrected chi connectivity index (χ0v) is 12.9. The summed E-state index contributed by atoms with van der Waals surface area (Å²) in [7, 11) is 0. The highest BCUT2D eigenvalue weighted by molar-refractivity contribution is 9.10. The first-order valence-corrected chi connectivity index (χ1v) is 7.67. The van der Waals surface area contributed by atoms with Gasteiger partial charge in [0.1, 0.15) is 18.9 Å². The van der Waals surface area contributed by atoms with Crippen molar-refractivity contribution >= 4 is 15.9 Å². The summed E-state index contributed by atoms with van der Waals surface area (Å²) in [5.41, 5.74) is 1.20. The standard InChI is InChI=1S/C15H22BrNO/c1-12-4-3-7-17(11-12)8-9-18-15-6-5-14(16)10-13(15)2/h5-6,10,12H,3-4,7-9,11H2,1-2H3/p+1/t12-/m1/s1. The second-order valence-electron chi connectivity index (χ2n) is 5.46. The number of halogens is 1. The van der Waals surface area contributed by atoms with E-state index in [1.54, 1.807) is 4.90 Å². The molecule has 100 valence electrons. The van der Waals surface area contributed by atoms with Gasteiger partial charge in [0.25, 0.3) is 0 Å². The first-order chi connectivity index (χ1) is 8.65. The van der Waals surface area contributed by atoms with Crippen molar-refractivity contribution in [1.82, 2.24) is 0 Å². The van der Waals surface area contributed by atoms with Crippen molar-refractivity contribution < 1.29 is 9.64 Å². The molecule has 0 bridgehead atoms. The van der Waals surface area contributed by atoms with E-state index < -0.39 is 0 Å². The Morgan fingerprint density at radius 3 is 3.00 bits per heavy atom. The maximum absolute atomic E-state index is 5.89. The summed E-state index contributed by atoms with van der Waals surface area (Å²) in [4.78, 5) is 1.70. The molecule has 2 nitrogen and oxygen atoms in total. The minimum atomic E-state index is 0.824. The number of ether oxygens (including phenoxy) is 1. The molecular weight excluding hydrogens is 290 g/mol. The molecule has 1 aliphatic rings. The van der Waals surface area contributed by atoms with Crippen molar-refractivity contribution in [3.8, 4) is 5.75 Å². The Balaban J connectivity index is 1.77. The fraction of sp³-hybridized carbons (Fsp3) is 0.600. The van der Waals surface area contributed by atoms with Crippen LogP contribution in [0.5, 0.6) is 5.75 Å². The Bertz CT molecular complexity index is 394. The fourth-order valence-corrected chi connectivity index (χ4v) is 3.18. The molecular formula is C15H23BrNO+. The highest BCUT2D eigenvalue weighted by atomic mass is 79.9. The molecule has 1 saturated heterocycles. The summed E-state index contributed by atoms with van der Waals surface area (Å²) >= 11 is 3.47. The number of aryl methyl sites for hydroxylation is 1. The predicted molar refractivity (Wildman–Crippen MR) is 78.3 cm³/mol. The normalized spacial score (nSPS) is 23.9. The van der Waals surface area contributed by atoms with Crippen molar-refractivity contribution in [1.29, 1.82) is 0 Å². The number of benzene rings is 1. The van der Waals surface area contributed by atoms with Crippen LogP contribution in [0.15, 0.2) is 22.7 Å². The average molecular weight is 313 g/mol. The summed E-state index contributed by atoms with van der Waals surface area (Å²) < 4.78 is 7.00. The molecule has 0 aliphatic carbocycles. The summed E-state index contributed by atoms with van der Waals surface area (Å²) in [5.74, 6) is 1.89. The van der Waals surface area contributed by atoms with Gasteiger partial charge in [-0.2, -0.15) is 0 Å². The first kappa shape index (κ1) is 13.9. The van der Waals surface area contributed by atoms with Gasteiger partial charge in [0.2, 0.25) is 0 Å². The van der Waals surface area contributed by atoms with Crippen LogP contribution in [-0.4, -0.2) is 26.2 Å². The van der Waals surface area contributed by atoms with Crippen molar-refractivity contribution in [2.75, 3.05) is 26.2 Å². The van der Waals surface area contributed by atoms with E-state index in [2.05, 4.69) is 35.8 Å². The SMILES string of the molecule is Cc1cc(Br)ccc1OCC[NH+]1CCC[C@@H](C)C1. The van der Waals surface area contributed by atoms with E-state index in [1.807, 2.05) is 12.1 Å². The molecule has 2 rings (SSSR count). The van der Waals surface area contributed by atoms with Crippen LogP contribution in [0.1, 0.15) is 25.3 Å². The Kier molecular flexibility index (Phi) is 5.07. The van der Waals surface area contributed by atoms with Gasteiger partial charge in [-0.3, -0.25) is 0 Å². The maximum atomic E-state index is 5.89. The lowest BCUT2D eigenvalue weighted by Crippen LogP contribution is -3.14. The van der Waals surface area contributed by atoms with Crippen molar-refractivity contribution in [2.45, 2.75) is 26.7 Å². The van der Waals surface area contributed by atoms with Gasteiger partial charge in [0, 0.05) is 10.4 Å². The van der Waals surface area contributed by atoms with Gasteiger partial charge in [-0.15, -0.1) is 0 Å². The van der Waals surface area contributed by atoms with Crippen LogP contribution in [-0.2, 0) is 0 Å². The van der Waals surface area contributed by atoms with E-state index in [0.717, 1.165) is 29.3 Å². The van der Waals surface area contributed by atoms with Crippen LogP contribution < -0.4 is 9.64 Å². The minimum Gasteiger partial charge on any atom is -0.487 e. The summed E-state index contributed by atoms with van der Waals surface area (Å²) in [6, 6.07) is 6.19. The first-order valence-electron chi connectivity index (χ1n) is 6.87. The zero-order chi connectivity index (χ0) is 13.0. The molecule has 1 aromatic rings. The van der Waals surface area contributed by atoms with E-state index >= 15 is 0 Å². The Hall–Kier alpha value is -0.540. The summed E-state index contributed by atoms with van der Waals surface area (Å²) in [6.07, 6.45) is 2.77. The Morgan fingerprint density at radius 1 is 1.44 bits per heavy atom. The van der Waals surface area contributed by atoms with Crippen LogP contribution in [0.4, 0.5) is 0 Å². The molecule has 0 radical (unpaired) electrons.